The molecule has 7 nitrogen and oxygen atoms in total. The molecule has 1 aromatic carbocycles. The number of piperazine rings is 1. The Bertz CT molecular complexity index is 836. The zero-order valence-corrected chi connectivity index (χ0v) is 17.9. The minimum absolute atomic E-state index is 0.00387. The van der Waals surface area contributed by atoms with Crippen molar-refractivity contribution in [2.45, 2.75) is 56.4 Å². The molecule has 1 saturated carbocycles. The highest BCUT2D eigenvalue weighted by atomic mass is 32.2. The van der Waals surface area contributed by atoms with Crippen molar-refractivity contribution in [3.05, 3.63) is 35.9 Å². The molecular weight excluding hydrogens is 388 g/mol. The number of nitriles is 1. The largest absolute Gasteiger partial charge is 0.333 e. The number of hydrogen-bond donors (Lipinski definition) is 2. The standard InChI is InChI=1S/C21H30N4O3S/c1-18(20(26)23-21(17-22)10-6-3-7-11-21)24-12-14-25(15-13-24)29(27,28)16-19-8-4-2-5-9-19/h2,4-5,8-9,18H,3,6-7,10-16H2,1H3,(H,23,26)/p+1/t18-/m1/s1. The van der Waals surface area contributed by atoms with E-state index in [1.54, 1.807) is 0 Å². The molecule has 29 heavy (non-hydrogen) atoms. The number of amides is 1. The van der Waals surface area contributed by atoms with Crippen molar-refractivity contribution in [3.63, 3.8) is 0 Å². The van der Waals surface area contributed by atoms with Crippen LogP contribution in [-0.4, -0.2) is 56.4 Å². The topological polar surface area (TPSA) is 94.7 Å². The Labute approximate surface area is 173 Å². The number of nitrogens with zero attached hydrogens (tertiary/aromatic N) is 2. The van der Waals surface area contributed by atoms with Crippen molar-refractivity contribution in [2.24, 2.45) is 0 Å². The molecule has 8 heteroatoms. The van der Waals surface area contributed by atoms with Gasteiger partial charge < -0.3 is 10.2 Å². The molecule has 2 fully saturated rings. The molecule has 1 heterocycles. The first kappa shape index (κ1) is 21.8. The minimum Gasteiger partial charge on any atom is -0.333 e. The van der Waals surface area contributed by atoms with Crippen molar-refractivity contribution in [1.29, 1.82) is 5.26 Å². The first-order chi connectivity index (χ1) is 13.9. The van der Waals surface area contributed by atoms with E-state index < -0.39 is 15.6 Å². The highest BCUT2D eigenvalue weighted by Gasteiger charge is 2.38. The van der Waals surface area contributed by atoms with E-state index in [1.807, 2.05) is 37.3 Å². The minimum atomic E-state index is -3.37. The number of sulfonamides is 1. The van der Waals surface area contributed by atoms with E-state index in [-0.39, 0.29) is 17.7 Å². The van der Waals surface area contributed by atoms with E-state index in [0.29, 0.717) is 39.0 Å². The van der Waals surface area contributed by atoms with Crippen molar-refractivity contribution in [3.8, 4) is 6.07 Å². The maximum absolute atomic E-state index is 12.8. The number of rotatable bonds is 6. The van der Waals surface area contributed by atoms with Crippen LogP contribution in [0.2, 0.25) is 0 Å². The van der Waals surface area contributed by atoms with Gasteiger partial charge in [0.05, 0.1) is 38.0 Å². The predicted octanol–water partition coefficient (Wildman–Crippen LogP) is 0.448. The van der Waals surface area contributed by atoms with Gasteiger partial charge in [-0.2, -0.15) is 9.57 Å². The van der Waals surface area contributed by atoms with Crippen molar-refractivity contribution in [2.75, 3.05) is 26.2 Å². The van der Waals surface area contributed by atoms with Crippen LogP contribution >= 0.6 is 0 Å². The lowest BCUT2D eigenvalue weighted by Gasteiger charge is -2.36. The molecule has 1 aromatic rings. The van der Waals surface area contributed by atoms with Gasteiger partial charge in [-0.25, -0.2) is 8.42 Å². The van der Waals surface area contributed by atoms with Gasteiger partial charge in [-0.05, 0) is 25.3 Å². The van der Waals surface area contributed by atoms with Crippen LogP contribution in [0.25, 0.3) is 0 Å². The second-order valence-corrected chi connectivity index (χ2v) is 10.2. The van der Waals surface area contributed by atoms with E-state index >= 15 is 0 Å². The quantitative estimate of drug-likeness (QED) is 0.700. The Morgan fingerprint density at radius 3 is 2.41 bits per heavy atom. The second-order valence-electron chi connectivity index (χ2n) is 8.26. The summed E-state index contributed by atoms with van der Waals surface area (Å²) in [7, 11) is -3.37. The van der Waals surface area contributed by atoms with Crippen LogP contribution in [0.3, 0.4) is 0 Å². The first-order valence-corrected chi connectivity index (χ1v) is 12.1. The molecular formula is C21H31N4O3S+. The highest BCUT2D eigenvalue weighted by Crippen LogP contribution is 2.27. The van der Waals surface area contributed by atoms with Crippen LogP contribution in [0.4, 0.5) is 0 Å². The summed E-state index contributed by atoms with van der Waals surface area (Å²) in [5.41, 5.74) is 0.0495. The van der Waals surface area contributed by atoms with Crippen LogP contribution in [0, 0.1) is 11.3 Å². The summed E-state index contributed by atoms with van der Waals surface area (Å²) in [5.74, 6) is -0.103. The summed E-state index contributed by atoms with van der Waals surface area (Å²) < 4.78 is 27.0. The van der Waals surface area contributed by atoms with E-state index in [2.05, 4.69) is 11.4 Å². The lowest BCUT2D eigenvalue weighted by molar-refractivity contribution is -0.917. The summed E-state index contributed by atoms with van der Waals surface area (Å²) >= 11 is 0. The van der Waals surface area contributed by atoms with Crippen LogP contribution in [-0.2, 0) is 20.6 Å². The van der Waals surface area contributed by atoms with Gasteiger partial charge in [0.2, 0.25) is 10.0 Å². The van der Waals surface area contributed by atoms with Gasteiger partial charge in [-0.1, -0.05) is 49.6 Å². The molecule has 1 amide bonds. The van der Waals surface area contributed by atoms with Gasteiger partial charge in [0.15, 0.2) is 6.04 Å². The van der Waals surface area contributed by atoms with Crippen LogP contribution < -0.4 is 10.2 Å². The Morgan fingerprint density at radius 1 is 1.21 bits per heavy atom. The maximum Gasteiger partial charge on any atom is 0.279 e. The molecule has 0 unspecified atom stereocenters. The Balaban J connectivity index is 1.54. The molecule has 1 aliphatic carbocycles. The number of carbonyl (C=O) groups excluding carboxylic acids is 1. The molecule has 0 spiro atoms. The van der Waals surface area contributed by atoms with E-state index in [0.717, 1.165) is 29.7 Å². The average molecular weight is 420 g/mol. The Morgan fingerprint density at radius 2 is 1.83 bits per heavy atom. The fraction of sp³-hybridized carbons (Fsp3) is 0.619. The molecule has 0 bridgehead atoms. The van der Waals surface area contributed by atoms with Gasteiger partial charge >= 0.3 is 0 Å². The SMILES string of the molecule is C[C@H](C(=O)NC1(C#N)CCCCC1)[NH+]1CCN(S(=O)(=O)Cc2ccccc2)CC1. The van der Waals surface area contributed by atoms with Crippen molar-refractivity contribution >= 4 is 15.9 Å². The molecule has 2 aliphatic rings. The van der Waals surface area contributed by atoms with Gasteiger partial charge in [0.25, 0.3) is 5.91 Å². The monoisotopic (exact) mass is 419 g/mol. The predicted molar refractivity (Wildman–Crippen MR) is 110 cm³/mol. The van der Waals surface area contributed by atoms with Crippen molar-refractivity contribution in [1.82, 2.24) is 9.62 Å². The van der Waals surface area contributed by atoms with Crippen molar-refractivity contribution < 1.29 is 18.1 Å². The summed E-state index contributed by atoms with van der Waals surface area (Å²) in [6, 6.07) is 11.2. The fourth-order valence-electron chi connectivity index (χ4n) is 4.31. The van der Waals surface area contributed by atoms with E-state index in [1.165, 1.54) is 4.31 Å². The smallest absolute Gasteiger partial charge is 0.279 e. The third-order valence-electron chi connectivity index (χ3n) is 6.24. The van der Waals surface area contributed by atoms with Gasteiger partial charge in [-0.15, -0.1) is 0 Å². The zero-order chi connectivity index (χ0) is 20.9. The fourth-order valence-corrected chi connectivity index (χ4v) is 5.85. The summed E-state index contributed by atoms with van der Waals surface area (Å²) in [6.07, 6.45) is 4.46. The molecule has 1 saturated heterocycles. The molecule has 2 N–H and O–H groups in total. The van der Waals surface area contributed by atoms with Gasteiger partial charge in [0.1, 0.15) is 5.54 Å². The molecule has 1 aliphatic heterocycles. The average Bonchev–Trinajstić information content (AvgIpc) is 2.74. The lowest BCUT2D eigenvalue weighted by atomic mass is 9.82. The Hall–Kier alpha value is -1.95. The van der Waals surface area contributed by atoms with Gasteiger partial charge in [0, 0.05) is 0 Å². The number of hydrogen-bond acceptors (Lipinski definition) is 4. The molecule has 0 aromatic heterocycles. The summed E-state index contributed by atoms with van der Waals surface area (Å²) in [6.45, 7) is 3.86. The normalized spacial score (nSPS) is 21.8. The molecule has 158 valence electrons. The molecule has 0 radical (unpaired) electrons. The number of carbonyl (C=O) groups is 1. The lowest BCUT2D eigenvalue weighted by Crippen LogP contribution is -3.19. The van der Waals surface area contributed by atoms with Gasteiger partial charge in [-0.3, -0.25) is 4.79 Å². The van der Waals surface area contributed by atoms with Crippen LogP contribution in [0.5, 0.6) is 0 Å². The molecule has 3 rings (SSSR count). The number of quaternary nitrogens is 1. The third kappa shape index (κ3) is 5.35. The number of nitrogens with one attached hydrogen (secondary N) is 2. The first-order valence-electron chi connectivity index (χ1n) is 10.4. The van der Waals surface area contributed by atoms with Crippen LogP contribution in [0.15, 0.2) is 30.3 Å². The third-order valence-corrected chi connectivity index (χ3v) is 8.09. The highest BCUT2D eigenvalue weighted by molar-refractivity contribution is 7.88. The second kappa shape index (κ2) is 9.24. The maximum atomic E-state index is 12.8. The number of benzene rings is 1. The van der Waals surface area contributed by atoms with E-state index in [9.17, 15) is 18.5 Å². The zero-order valence-electron chi connectivity index (χ0n) is 17.1. The molecule has 1 atom stereocenters. The van der Waals surface area contributed by atoms with Crippen LogP contribution in [0.1, 0.15) is 44.6 Å². The summed E-state index contributed by atoms with van der Waals surface area (Å²) in [5, 5.41) is 12.6. The summed E-state index contributed by atoms with van der Waals surface area (Å²) in [4.78, 5) is 13.8. The Kier molecular flexibility index (Phi) is 6.93. The van der Waals surface area contributed by atoms with E-state index in [4.69, 9.17) is 0 Å².